The summed E-state index contributed by atoms with van der Waals surface area (Å²) >= 11 is 0. The molecule has 0 heterocycles. The Kier molecular flexibility index (Phi) is 2.76. The number of nitrogens with one attached hydrogen (secondary N) is 1. The van der Waals surface area contributed by atoms with Gasteiger partial charge in [-0.1, -0.05) is 30.3 Å². The first kappa shape index (κ1) is 8.67. The topological polar surface area (TPSA) is 55.1 Å². The van der Waals surface area contributed by atoms with Crippen molar-refractivity contribution in [3.05, 3.63) is 35.9 Å². The third-order valence-electron chi connectivity index (χ3n) is 1.46. The molecule has 1 aromatic rings. The maximum Gasteiger partial charge on any atom is 0.273 e. The van der Waals surface area contributed by atoms with Crippen LogP contribution in [0.1, 0.15) is 11.7 Å². The molecule has 3 N–H and O–H groups in total. The molecule has 1 rings (SSSR count). The van der Waals surface area contributed by atoms with E-state index in [9.17, 15) is 9.18 Å². The minimum Gasteiger partial charge on any atom is -0.291 e. The van der Waals surface area contributed by atoms with E-state index in [2.05, 4.69) is 0 Å². The number of carbonyl (C=O) groups excluding carboxylic acids is 1. The number of amides is 1. The normalized spacial score (nSPS) is 12.2. The summed E-state index contributed by atoms with van der Waals surface area (Å²) in [6, 6.07) is 8.12. The summed E-state index contributed by atoms with van der Waals surface area (Å²) < 4.78 is 13.0. The quantitative estimate of drug-likeness (QED) is 0.387. The molecule has 3 nitrogen and oxygen atoms in total. The first-order chi connectivity index (χ1) is 5.75. The molecule has 1 amide bonds. The highest BCUT2D eigenvalue weighted by molar-refractivity contribution is 5.81. The van der Waals surface area contributed by atoms with E-state index >= 15 is 0 Å². The van der Waals surface area contributed by atoms with E-state index in [1.54, 1.807) is 23.6 Å². The minimum absolute atomic E-state index is 0.306. The molecule has 1 atom stereocenters. The van der Waals surface area contributed by atoms with Gasteiger partial charge in [-0.05, 0) is 5.56 Å². The Balaban J connectivity index is 2.78. The molecule has 64 valence electrons. The highest BCUT2D eigenvalue weighted by Gasteiger charge is 2.17. The monoisotopic (exact) mass is 168 g/mol. The standard InChI is InChI=1S/C8H9FN2O/c9-7(8(12)11-10)6-4-2-1-3-5-6/h1-5,7H,10H2,(H,11,12). The van der Waals surface area contributed by atoms with E-state index in [1.165, 1.54) is 12.1 Å². The first-order valence-electron chi connectivity index (χ1n) is 3.45. The largest absolute Gasteiger partial charge is 0.291 e. The maximum atomic E-state index is 13.0. The third kappa shape index (κ3) is 1.79. The Morgan fingerprint density at radius 2 is 2.00 bits per heavy atom. The van der Waals surface area contributed by atoms with Crippen LogP contribution in [-0.4, -0.2) is 5.91 Å². The van der Waals surface area contributed by atoms with Gasteiger partial charge >= 0.3 is 0 Å². The zero-order valence-electron chi connectivity index (χ0n) is 6.33. The fraction of sp³-hybridized carbons (Fsp3) is 0.125. The summed E-state index contributed by atoms with van der Waals surface area (Å²) in [6.45, 7) is 0. The molecular formula is C8H9FN2O. The summed E-state index contributed by atoms with van der Waals surface area (Å²) in [5.74, 6) is 3.94. The van der Waals surface area contributed by atoms with E-state index < -0.39 is 12.1 Å². The average Bonchev–Trinajstić information content (AvgIpc) is 2.17. The number of nitrogens with two attached hydrogens (primary N) is 1. The van der Waals surface area contributed by atoms with Crippen molar-refractivity contribution in [1.82, 2.24) is 5.43 Å². The van der Waals surface area contributed by atoms with Crippen molar-refractivity contribution in [1.29, 1.82) is 0 Å². The van der Waals surface area contributed by atoms with Gasteiger partial charge in [-0.15, -0.1) is 0 Å². The molecule has 0 spiro atoms. The van der Waals surface area contributed by atoms with Crippen molar-refractivity contribution in [2.75, 3.05) is 0 Å². The lowest BCUT2D eigenvalue weighted by molar-refractivity contribution is -0.126. The number of alkyl halides is 1. The molecule has 0 bridgehead atoms. The van der Waals surface area contributed by atoms with Crippen LogP contribution < -0.4 is 11.3 Å². The maximum absolute atomic E-state index is 13.0. The number of hydrogen-bond donors (Lipinski definition) is 2. The average molecular weight is 168 g/mol. The summed E-state index contributed by atoms with van der Waals surface area (Å²) in [4.78, 5) is 10.7. The lowest BCUT2D eigenvalue weighted by atomic mass is 10.1. The number of carbonyl (C=O) groups is 1. The molecule has 12 heavy (non-hydrogen) atoms. The second kappa shape index (κ2) is 3.82. The first-order valence-corrected chi connectivity index (χ1v) is 3.45. The van der Waals surface area contributed by atoms with Crippen molar-refractivity contribution in [3.8, 4) is 0 Å². The molecule has 1 aromatic carbocycles. The fourth-order valence-corrected chi connectivity index (χ4v) is 0.847. The van der Waals surface area contributed by atoms with Crippen LogP contribution in [0.15, 0.2) is 30.3 Å². The van der Waals surface area contributed by atoms with Crippen LogP contribution in [0.2, 0.25) is 0 Å². The highest BCUT2D eigenvalue weighted by Crippen LogP contribution is 2.15. The van der Waals surface area contributed by atoms with Crippen LogP contribution in [0.3, 0.4) is 0 Å². The van der Waals surface area contributed by atoms with Gasteiger partial charge in [-0.2, -0.15) is 0 Å². The Bertz CT molecular complexity index is 263. The summed E-state index contributed by atoms with van der Waals surface area (Å²) in [5.41, 5.74) is 2.06. The van der Waals surface area contributed by atoms with Crippen molar-refractivity contribution >= 4 is 5.91 Å². The number of hydrogen-bond acceptors (Lipinski definition) is 2. The van der Waals surface area contributed by atoms with E-state index in [4.69, 9.17) is 5.84 Å². The van der Waals surface area contributed by atoms with E-state index in [0.29, 0.717) is 5.56 Å². The van der Waals surface area contributed by atoms with Crippen molar-refractivity contribution in [2.45, 2.75) is 6.17 Å². The summed E-state index contributed by atoms with van der Waals surface area (Å²) in [7, 11) is 0. The molecule has 0 saturated heterocycles. The van der Waals surface area contributed by atoms with Crippen LogP contribution in [-0.2, 0) is 4.79 Å². The van der Waals surface area contributed by atoms with E-state index in [1.807, 2.05) is 0 Å². The molecule has 0 aliphatic rings. The van der Waals surface area contributed by atoms with Crippen LogP contribution in [0.5, 0.6) is 0 Å². The Hall–Kier alpha value is -1.42. The summed E-state index contributed by atoms with van der Waals surface area (Å²) in [5, 5.41) is 0. The summed E-state index contributed by atoms with van der Waals surface area (Å²) in [6.07, 6.45) is -1.68. The van der Waals surface area contributed by atoms with Crippen molar-refractivity contribution < 1.29 is 9.18 Å². The van der Waals surface area contributed by atoms with E-state index in [-0.39, 0.29) is 0 Å². The van der Waals surface area contributed by atoms with Gasteiger partial charge in [0.05, 0.1) is 0 Å². The molecule has 0 radical (unpaired) electrons. The number of rotatable bonds is 2. The number of benzene rings is 1. The molecule has 0 fully saturated rings. The lowest BCUT2D eigenvalue weighted by Gasteiger charge is -2.05. The van der Waals surface area contributed by atoms with Crippen LogP contribution in [0.25, 0.3) is 0 Å². The predicted octanol–water partition coefficient (Wildman–Crippen LogP) is 0.687. The van der Waals surface area contributed by atoms with Gasteiger partial charge in [0.1, 0.15) is 0 Å². The second-order valence-electron chi connectivity index (χ2n) is 2.28. The van der Waals surface area contributed by atoms with Gasteiger partial charge in [0, 0.05) is 0 Å². The predicted molar refractivity (Wildman–Crippen MR) is 42.6 cm³/mol. The molecule has 4 heteroatoms. The van der Waals surface area contributed by atoms with Crippen molar-refractivity contribution in [3.63, 3.8) is 0 Å². The van der Waals surface area contributed by atoms with E-state index in [0.717, 1.165) is 0 Å². The molecule has 0 saturated carbocycles. The molecule has 1 unspecified atom stereocenters. The van der Waals surface area contributed by atoms with Gasteiger partial charge in [-0.3, -0.25) is 10.2 Å². The Labute approximate surface area is 69.3 Å². The fourth-order valence-electron chi connectivity index (χ4n) is 0.847. The number of halogens is 1. The van der Waals surface area contributed by atoms with Crippen LogP contribution in [0, 0.1) is 0 Å². The second-order valence-corrected chi connectivity index (χ2v) is 2.28. The highest BCUT2D eigenvalue weighted by atomic mass is 19.1. The Morgan fingerprint density at radius 3 is 2.50 bits per heavy atom. The van der Waals surface area contributed by atoms with Gasteiger partial charge in [0.25, 0.3) is 5.91 Å². The smallest absolute Gasteiger partial charge is 0.273 e. The van der Waals surface area contributed by atoms with Crippen LogP contribution in [0.4, 0.5) is 4.39 Å². The van der Waals surface area contributed by atoms with Crippen LogP contribution >= 0.6 is 0 Å². The number of hydrazine groups is 1. The minimum atomic E-state index is -1.68. The molecule has 0 aromatic heterocycles. The molecular weight excluding hydrogens is 159 g/mol. The lowest BCUT2D eigenvalue weighted by Crippen LogP contribution is -2.33. The zero-order valence-corrected chi connectivity index (χ0v) is 6.33. The zero-order chi connectivity index (χ0) is 8.97. The van der Waals surface area contributed by atoms with Gasteiger partial charge in [-0.25, -0.2) is 10.2 Å². The Morgan fingerprint density at radius 1 is 1.42 bits per heavy atom. The van der Waals surface area contributed by atoms with Crippen molar-refractivity contribution in [2.24, 2.45) is 5.84 Å². The molecule has 0 aliphatic carbocycles. The van der Waals surface area contributed by atoms with Gasteiger partial charge in [0.15, 0.2) is 0 Å². The molecule has 0 aliphatic heterocycles. The van der Waals surface area contributed by atoms with Gasteiger partial charge in [0.2, 0.25) is 6.17 Å². The third-order valence-corrected chi connectivity index (χ3v) is 1.46. The SMILES string of the molecule is NNC(=O)C(F)c1ccccc1. The van der Waals surface area contributed by atoms with Gasteiger partial charge < -0.3 is 0 Å².